The Morgan fingerprint density at radius 3 is 2.33 bits per heavy atom. The van der Waals surface area contributed by atoms with Crippen LogP contribution in [0.4, 0.5) is 5.69 Å². The summed E-state index contributed by atoms with van der Waals surface area (Å²) in [5, 5.41) is 6.37. The molecule has 0 bridgehead atoms. The number of carbonyl (C=O) groups excluding carboxylic acids is 2. The lowest BCUT2D eigenvalue weighted by Crippen LogP contribution is -2.14. The van der Waals surface area contributed by atoms with Gasteiger partial charge in [0.05, 0.1) is 6.21 Å². The van der Waals surface area contributed by atoms with Crippen LogP contribution in [-0.2, 0) is 0 Å². The quantitative estimate of drug-likeness (QED) is 0.370. The Kier molecular flexibility index (Phi) is 5.28. The first-order valence-corrected chi connectivity index (χ1v) is 8.22. The minimum atomic E-state index is -0.543. The average Bonchev–Trinajstić information content (AvgIpc) is 2.68. The first-order valence-electron chi connectivity index (χ1n) is 8.22. The molecule has 2 amide bonds. The third-order valence-corrected chi connectivity index (χ3v) is 3.98. The third-order valence-electron chi connectivity index (χ3n) is 3.98. The number of para-hydroxylation sites is 1. The second-order valence-electron chi connectivity index (χ2n) is 5.85. The molecule has 6 nitrogen and oxygen atoms in total. The fourth-order valence-electron chi connectivity index (χ4n) is 2.77. The zero-order valence-corrected chi connectivity index (χ0v) is 14.4. The maximum Gasteiger partial charge on any atom is 0.255 e. The molecule has 0 saturated carbocycles. The number of hydrogen-bond acceptors (Lipinski definition) is 4. The van der Waals surface area contributed by atoms with E-state index in [1.807, 2.05) is 18.2 Å². The van der Waals surface area contributed by atoms with Gasteiger partial charge >= 0.3 is 0 Å². The van der Waals surface area contributed by atoms with Crippen molar-refractivity contribution in [2.24, 2.45) is 16.7 Å². The predicted molar refractivity (Wildman–Crippen MR) is 107 cm³/mol. The van der Waals surface area contributed by atoms with E-state index in [0.717, 1.165) is 0 Å². The van der Waals surface area contributed by atoms with Crippen molar-refractivity contribution in [3.8, 4) is 11.1 Å². The van der Waals surface area contributed by atoms with Gasteiger partial charge in [-0.1, -0.05) is 36.4 Å². The van der Waals surface area contributed by atoms with Crippen molar-refractivity contribution in [1.82, 2.24) is 0 Å². The Balaban J connectivity index is 2.06. The fourth-order valence-corrected chi connectivity index (χ4v) is 2.77. The maximum absolute atomic E-state index is 12.7. The Morgan fingerprint density at radius 2 is 1.63 bits per heavy atom. The SMILES string of the molecule is N/N=C\c1cc(C(=O)Nc2ccccc2)cc(-c2ccccc2C(N)=O)c1. The lowest BCUT2D eigenvalue weighted by molar-refractivity contribution is 0.0998. The van der Waals surface area contributed by atoms with Gasteiger partial charge in [-0.05, 0) is 53.1 Å². The number of benzene rings is 3. The summed E-state index contributed by atoms with van der Waals surface area (Å²) >= 11 is 0. The lowest BCUT2D eigenvalue weighted by Gasteiger charge is -2.11. The summed E-state index contributed by atoms with van der Waals surface area (Å²) in [5.41, 5.74) is 8.87. The predicted octanol–water partition coefficient (Wildman–Crippen LogP) is 3.00. The first kappa shape index (κ1) is 17.9. The highest BCUT2D eigenvalue weighted by Crippen LogP contribution is 2.26. The summed E-state index contributed by atoms with van der Waals surface area (Å²) in [4.78, 5) is 24.5. The Bertz CT molecular complexity index is 1010. The molecule has 3 aromatic carbocycles. The molecule has 5 N–H and O–H groups in total. The molecule has 0 fully saturated rings. The number of nitrogens with one attached hydrogen (secondary N) is 1. The van der Waals surface area contributed by atoms with E-state index in [4.69, 9.17) is 11.6 Å². The molecule has 6 heteroatoms. The highest BCUT2D eigenvalue weighted by molar-refractivity contribution is 6.07. The van der Waals surface area contributed by atoms with E-state index in [-0.39, 0.29) is 5.91 Å². The number of primary amides is 1. The van der Waals surface area contributed by atoms with Gasteiger partial charge in [-0.25, -0.2) is 0 Å². The van der Waals surface area contributed by atoms with Crippen LogP contribution in [0.15, 0.2) is 77.9 Å². The highest BCUT2D eigenvalue weighted by atomic mass is 16.2. The summed E-state index contributed by atoms with van der Waals surface area (Å²) < 4.78 is 0. The molecule has 3 aromatic rings. The maximum atomic E-state index is 12.7. The first-order chi connectivity index (χ1) is 13.1. The van der Waals surface area contributed by atoms with E-state index in [0.29, 0.717) is 33.5 Å². The molecule has 0 aromatic heterocycles. The van der Waals surface area contributed by atoms with Gasteiger partial charge in [0.2, 0.25) is 5.91 Å². The van der Waals surface area contributed by atoms with E-state index < -0.39 is 5.91 Å². The van der Waals surface area contributed by atoms with Crippen molar-refractivity contribution >= 4 is 23.7 Å². The van der Waals surface area contributed by atoms with Crippen LogP contribution in [-0.4, -0.2) is 18.0 Å². The van der Waals surface area contributed by atoms with Crippen molar-refractivity contribution in [2.45, 2.75) is 0 Å². The zero-order valence-electron chi connectivity index (χ0n) is 14.4. The van der Waals surface area contributed by atoms with E-state index in [1.165, 1.54) is 6.21 Å². The van der Waals surface area contributed by atoms with Crippen LogP contribution in [0.5, 0.6) is 0 Å². The Labute approximate surface area is 156 Å². The van der Waals surface area contributed by atoms with Gasteiger partial charge < -0.3 is 16.9 Å². The van der Waals surface area contributed by atoms with Gasteiger partial charge in [0.15, 0.2) is 0 Å². The standard InChI is InChI=1S/C21H18N4O2/c22-20(26)19-9-5-4-8-18(19)15-10-14(13-24-23)11-16(12-15)21(27)25-17-6-2-1-3-7-17/h1-13H,23H2,(H2,22,26)(H,25,27)/b24-13-. The van der Waals surface area contributed by atoms with Crippen LogP contribution >= 0.6 is 0 Å². The second-order valence-corrected chi connectivity index (χ2v) is 5.85. The van der Waals surface area contributed by atoms with Crippen molar-refractivity contribution in [3.63, 3.8) is 0 Å². The fraction of sp³-hybridized carbons (Fsp3) is 0. The monoisotopic (exact) mass is 358 g/mol. The van der Waals surface area contributed by atoms with Crippen LogP contribution in [0.25, 0.3) is 11.1 Å². The summed E-state index contributed by atoms with van der Waals surface area (Å²) in [6, 6.07) is 21.3. The second kappa shape index (κ2) is 7.97. The molecule has 0 heterocycles. The van der Waals surface area contributed by atoms with E-state index in [9.17, 15) is 9.59 Å². The average molecular weight is 358 g/mol. The van der Waals surface area contributed by atoms with Crippen LogP contribution in [0.1, 0.15) is 26.3 Å². The minimum Gasteiger partial charge on any atom is -0.366 e. The van der Waals surface area contributed by atoms with Gasteiger partial charge in [0, 0.05) is 16.8 Å². The number of hydrogen-bond donors (Lipinski definition) is 3. The van der Waals surface area contributed by atoms with Crippen molar-refractivity contribution in [3.05, 3.63) is 89.5 Å². The molecule has 0 unspecified atom stereocenters. The molecule has 0 aliphatic carbocycles. The molecule has 134 valence electrons. The number of hydrazone groups is 1. The van der Waals surface area contributed by atoms with Crippen LogP contribution in [0, 0.1) is 0 Å². The van der Waals surface area contributed by atoms with Crippen molar-refractivity contribution < 1.29 is 9.59 Å². The van der Waals surface area contributed by atoms with E-state index in [2.05, 4.69) is 10.4 Å². The smallest absolute Gasteiger partial charge is 0.255 e. The molecule has 0 radical (unpaired) electrons. The van der Waals surface area contributed by atoms with E-state index >= 15 is 0 Å². The Hall–Kier alpha value is -3.93. The van der Waals surface area contributed by atoms with Crippen molar-refractivity contribution in [2.75, 3.05) is 5.32 Å². The van der Waals surface area contributed by atoms with Gasteiger partial charge in [0.25, 0.3) is 5.91 Å². The summed E-state index contributed by atoms with van der Waals surface area (Å²) in [6.45, 7) is 0. The molecule has 0 atom stereocenters. The number of nitrogens with zero attached hydrogens (tertiary/aromatic N) is 1. The molecule has 27 heavy (non-hydrogen) atoms. The summed E-state index contributed by atoms with van der Waals surface area (Å²) in [6.07, 6.45) is 1.44. The van der Waals surface area contributed by atoms with Crippen LogP contribution < -0.4 is 16.9 Å². The minimum absolute atomic E-state index is 0.286. The molecule has 3 rings (SSSR count). The molecule has 0 aliphatic heterocycles. The number of carbonyl (C=O) groups is 2. The van der Waals surface area contributed by atoms with Gasteiger partial charge in [-0.2, -0.15) is 5.10 Å². The number of anilines is 1. The number of amides is 2. The van der Waals surface area contributed by atoms with Crippen molar-refractivity contribution in [1.29, 1.82) is 0 Å². The summed E-state index contributed by atoms with van der Waals surface area (Å²) in [5.74, 6) is 4.44. The molecule has 0 spiro atoms. The zero-order chi connectivity index (χ0) is 19.2. The molecular weight excluding hydrogens is 340 g/mol. The molecule has 0 saturated heterocycles. The normalized spacial score (nSPS) is 10.7. The van der Waals surface area contributed by atoms with Gasteiger partial charge in [-0.15, -0.1) is 0 Å². The third kappa shape index (κ3) is 4.19. The summed E-state index contributed by atoms with van der Waals surface area (Å²) in [7, 11) is 0. The molecular formula is C21H18N4O2. The van der Waals surface area contributed by atoms with Gasteiger partial charge in [-0.3, -0.25) is 9.59 Å². The Morgan fingerprint density at radius 1 is 0.926 bits per heavy atom. The lowest BCUT2D eigenvalue weighted by atomic mass is 9.95. The number of rotatable bonds is 5. The highest BCUT2D eigenvalue weighted by Gasteiger charge is 2.14. The largest absolute Gasteiger partial charge is 0.366 e. The van der Waals surface area contributed by atoms with E-state index in [1.54, 1.807) is 54.6 Å². The van der Waals surface area contributed by atoms with Crippen LogP contribution in [0.3, 0.4) is 0 Å². The van der Waals surface area contributed by atoms with Crippen LogP contribution in [0.2, 0.25) is 0 Å². The number of nitrogens with two attached hydrogens (primary N) is 2. The molecule has 0 aliphatic rings. The van der Waals surface area contributed by atoms with Gasteiger partial charge in [0.1, 0.15) is 0 Å². The topological polar surface area (TPSA) is 111 Å².